The van der Waals surface area contributed by atoms with Gasteiger partial charge in [0.05, 0.1) is 6.10 Å². The van der Waals surface area contributed by atoms with E-state index in [1.165, 1.54) is 11.1 Å². The number of nitrogens with one attached hydrogen (secondary N) is 1. The molecular formula is C18H29NO. The van der Waals surface area contributed by atoms with E-state index >= 15 is 0 Å². The topological polar surface area (TPSA) is 21.3 Å². The van der Waals surface area contributed by atoms with E-state index in [1.807, 2.05) is 0 Å². The van der Waals surface area contributed by atoms with Crippen LogP contribution in [-0.2, 0) is 4.74 Å². The zero-order valence-electron chi connectivity index (χ0n) is 13.4. The Morgan fingerprint density at radius 3 is 2.55 bits per heavy atom. The molecule has 2 nitrogen and oxygen atoms in total. The van der Waals surface area contributed by atoms with Crippen LogP contribution in [0.1, 0.15) is 57.2 Å². The Balaban J connectivity index is 1.97. The normalized spacial score (nSPS) is 24.9. The smallest absolute Gasteiger partial charge is 0.0612 e. The second kappa shape index (κ2) is 7.24. The van der Waals surface area contributed by atoms with E-state index in [0.29, 0.717) is 24.1 Å². The molecule has 1 aromatic carbocycles. The fraction of sp³-hybridized carbons (Fsp3) is 0.667. The van der Waals surface area contributed by atoms with Gasteiger partial charge in [-0.15, -0.1) is 0 Å². The molecule has 3 atom stereocenters. The Bertz CT molecular complexity index is 398. The summed E-state index contributed by atoms with van der Waals surface area (Å²) in [4.78, 5) is 0. The molecule has 1 heterocycles. The zero-order valence-corrected chi connectivity index (χ0v) is 13.4. The van der Waals surface area contributed by atoms with Crippen molar-refractivity contribution < 1.29 is 4.74 Å². The number of aryl methyl sites for hydroxylation is 1. The Kier molecular flexibility index (Phi) is 5.62. The van der Waals surface area contributed by atoms with Crippen molar-refractivity contribution in [3.63, 3.8) is 0 Å². The minimum absolute atomic E-state index is 0.414. The molecule has 0 spiro atoms. The van der Waals surface area contributed by atoms with Crippen LogP contribution in [0.3, 0.4) is 0 Å². The van der Waals surface area contributed by atoms with Gasteiger partial charge in [-0.25, -0.2) is 0 Å². The summed E-state index contributed by atoms with van der Waals surface area (Å²) in [6, 6.07) is 9.99. The van der Waals surface area contributed by atoms with E-state index in [4.69, 9.17) is 4.74 Å². The number of benzene rings is 1. The molecule has 0 radical (unpaired) electrons. The van der Waals surface area contributed by atoms with E-state index in [2.05, 4.69) is 57.3 Å². The Morgan fingerprint density at radius 2 is 1.95 bits per heavy atom. The second-order valence-electron chi connectivity index (χ2n) is 6.41. The first-order valence-corrected chi connectivity index (χ1v) is 8.04. The molecule has 2 rings (SSSR count). The number of hydrogen-bond acceptors (Lipinski definition) is 2. The lowest BCUT2D eigenvalue weighted by molar-refractivity contribution is -0.0260. The average Bonchev–Trinajstić information content (AvgIpc) is 2.46. The van der Waals surface area contributed by atoms with Crippen molar-refractivity contribution in [3.05, 3.63) is 35.4 Å². The average molecular weight is 275 g/mol. The van der Waals surface area contributed by atoms with Crippen LogP contribution in [0.15, 0.2) is 24.3 Å². The van der Waals surface area contributed by atoms with Gasteiger partial charge in [-0.05, 0) is 37.7 Å². The molecule has 0 saturated carbocycles. The van der Waals surface area contributed by atoms with E-state index in [0.717, 1.165) is 25.9 Å². The van der Waals surface area contributed by atoms with Gasteiger partial charge in [-0.3, -0.25) is 0 Å². The molecule has 1 fully saturated rings. The molecule has 1 aromatic rings. The molecule has 0 aliphatic carbocycles. The molecule has 2 heteroatoms. The van der Waals surface area contributed by atoms with Crippen molar-refractivity contribution in [1.82, 2.24) is 5.32 Å². The summed E-state index contributed by atoms with van der Waals surface area (Å²) in [5.74, 6) is 0.610. The molecule has 0 aromatic heterocycles. The first-order valence-electron chi connectivity index (χ1n) is 8.04. The van der Waals surface area contributed by atoms with Gasteiger partial charge in [0, 0.05) is 18.7 Å². The summed E-state index contributed by atoms with van der Waals surface area (Å²) in [5.41, 5.74) is 2.74. The van der Waals surface area contributed by atoms with Crippen LogP contribution < -0.4 is 5.32 Å². The highest BCUT2D eigenvalue weighted by Crippen LogP contribution is 2.24. The second-order valence-corrected chi connectivity index (χ2v) is 6.41. The summed E-state index contributed by atoms with van der Waals surface area (Å²) in [5, 5.41) is 3.85. The molecule has 0 amide bonds. The summed E-state index contributed by atoms with van der Waals surface area (Å²) >= 11 is 0. The number of rotatable bonds is 5. The fourth-order valence-electron chi connectivity index (χ4n) is 2.98. The van der Waals surface area contributed by atoms with Crippen LogP contribution in [0.5, 0.6) is 0 Å². The molecule has 20 heavy (non-hydrogen) atoms. The molecule has 1 saturated heterocycles. The van der Waals surface area contributed by atoms with Gasteiger partial charge in [0.15, 0.2) is 0 Å². The SMILES string of the molecule is CCC(NC1CCOC(C(C)C)C1)c1ccc(C)cc1. The third kappa shape index (κ3) is 4.07. The highest BCUT2D eigenvalue weighted by atomic mass is 16.5. The van der Waals surface area contributed by atoms with E-state index < -0.39 is 0 Å². The monoisotopic (exact) mass is 275 g/mol. The zero-order chi connectivity index (χ0) is 14.5. The highest BCUT2D eigenvalue weighted by Gasteiger charge is 2.26. The first kappa shape index (κ1) is 15.5. The predicted octanol–water partition coefficient (Wildman–Crippen LogP) is 4.24. The van der Waals surface area contributed by atoms with Gasteiger partial charge in [-0.2, -0.15) is 0 Å². The molecule has 1 aliphatic heterocycles. The van der Waals surface area contributed by atoms with Crippen LogP contribution in [0, 0.1) is 12.8 Å². The minimum atomic E-state index is 0.414. The quantitative estimate of drug-likeness (QED) is 0.868. The largest absolute Gasteiger partial charge is 0.378 e. The van der Waals surface area contributed by atoms with Gasteiger partial charge in [0.1, 0.15) is 0 Å². The van der Waals surface area contributed by atoms with Crippen molar-refractivity contribution in [2.75, 3.05) is 6.61 Å². The molecular weight excluding hydrogens is 246 g/mol. The summed E-state index contributed by atoms with van der Waals surface area (Å²) < 4.78 is 5.87. The molecule has 0 bridgehead atoms. The molecule has 112 valence electrons. The van der Waals surface area contributed by atoms with E-state index in [-0.39, 0.29) is 0 Å². The van der Waals surface area contributed by atoms with Crippen molar-refractivity contribution in [1.29, 1.82) is 0 Å². The maximum Gasteiger partial charge on any atom is 0.0612 e. The predicted molar refractivity (Wildman–Crippen MR) is 84.9 cm³/mol. The van der Waals surface area contributed by atoms with Crippen LogP contribution in [0.2, 0.25) is 0 Å². The lowest BCUT2D eigenvalue weighted by Crippen LogP contribution is -2.42. The summed E-state index contributed by atoms with van der Waals surface area (Å²) in [7, 11) is 0. The van der Waals surface area contributed by atoms with Crippen molar-refractivity contribution >= 4 is 0 Å². The lowest BCUT2D eigenvalue weighted by atomic mass is 9.93. The minimum Gasteiger partial charge on any atom is -0.378 e. The Morgan fingerprint density at radius 1 is 1.25 bits per heavy atom. The van der Waals surface area contributed by atoms with Crippen LogP contribution in [0.25, 0.3) is 0 Å². The third-order valence-corrected chi connectivity index (χ3v) is 4.38. The molecule has 1 aliphatic rings. The van der Waals surface area contributed by atoms with E-state index in [1.54, 1.807) is 0 Å². The molecule has 3 unspecified atom stereocenters. The van der Waals surface area contributed by atoms with Crippen molar-refractivity contribution in [3.8, 4) is 0 Å². The number of ether oxygens (including phenoxy) is 1. The van der Waals surface area contributed by atoms with Gasteiger partial charge in [0.2, 0.25) is 0 Å². The Labute approximate surface area is 123 Å². The Hall–Kier alpha value is -0.860. The summed E-state index contributed by atoms with van der Waals surface area (Å²) in [6.07, 6.45) is 3.81. The van der Waals surface area contributed by atoms with Crippen molar-refractivity contribution in [2.24, 2.45) is 5.92 Å². The number of hydrogen-bond donors (Lipinski definition) is 1. The first-order chi connectivity index (χ1) is 9.60. The van der Waals surface area contributed by atoms with Gasteiger partial charge >= 0.3 is 0 Å². The van der Waals surface area contributed by atoms with Crippen LogP contribution in [0.4, 0.5) is 0 Å². The highest BCUT2D eigenvalue weighted by molar-refractivity contribution is 5.24. The third-order valence-electron chi connectivity index (χ3n) is 4.38. The summed E-state index contributed by atoms with van der Waals surface area (Å²) in [6.45, 7) is 9.81. The van der Waals surface area contributed by atoms with Gasteiger partial charge in [0.25, 0.3) is 0 Å². The fourth-order valence-corrected chi connectivity index (χ4v) is 2.98. The maximum absolute atomic E-state index is 5.87. The van der Waals surface area contributed by atoms with Crippen molar-refractivity contribution in [2.45, 2.75) is 65.1 Å². The lowest BCUT2D eigenvalue weighted by Gasteiger charge is -2.34. The standard InChI is InChI=1S/C18H29NO/c1-5-17(15-8-6-14(4)7-9-15)19-16-10-11-20-18(12-16)13(2)3/h6-9,13,16-19H,5,10-12H2,1-4H3. The maximum atomic E-state index is 5.87. The van der Waals surface area contributed by atoms with E-state index in [9.17, 15) is 0 Å². The molecule has 1 N–H and O–H groups in total. The van der Waals surface area contributed by atoms with Crippen LogP contribution in [-0.4, -0.2) is 18.8 Å². The van der Waals surface area contributed by atoms with Crippen LogP contribution >= 0.6 is 0 Å². The van der Waals surface area contributed by atoms with Gasteiger partial charge < -0.3 is 10.1 Å². The van der Waals surface area contributed by atoms with Gasteiger partial charge in [-0.1, -0.05) is 50.6 Å².